The molecule has 0 aliphatic rings. The molecular weight excluding hydrogens is 318 g/mol. The molecule has 0 radical (unpaired) electrons. The van der Waals surface area contributed by atoms with Crippen LogP contribution in [-0.2, 0) is 4.79 Å². The normalized spacial score (nSPS) is 11.4. The summed E-state index contributed by atoms with van der Waals surface area (Å²) in [6.07, 6.45) is 31.1. The zero-order valence-corrected chi connectivity index (χ0v) is 17.8. The van der Waals surface area contributed by atoms with Gasteiger partial charge < -0.3 is 5.73 Å². The summed E-state index contributed by atoms with van der Waals surface area (Å²) in [5, 5.41) is 0. The lowest BCUT2D eigenvalue weighted by Gasteiger charge is -2.03. The summed E-state index contributed by atoms with van der Waals surface area (Å²) in [6.45, 7) is 2.29. The molecule has 0 unspecified atom stereocenters. The Morgan fingerprint density at radius 3 is 1.19 bits per heavy atom. The fourth-order valence-electron chi connectivity index (χ4n) is 3.54. The minimum Gasteiger partial charge on any atom is -0.366 e. The van der Waals surface area contributed by atoms with Gasteiger partial charge in [-0.05, 0) is 18.9 Å². The number of hydrogen-bond acceptors (Lipinski definition) is 1. The number of amides is 1. The second-order valence-electron chi connectivity index (χ2n) is 7.96. The number of hydrogen-bond donors (Lipinski definition) is 1. The molecular formula is C24H47NO. The highest BCUT2D eigenvalue weighted by molar-refractivity contribution is 5.85. The van der Waals surface area contributed by atoms with Crippen molar-refractivity contribution in [2.75, 3.05) is 0 Å². The van der Waals surface area contributed by atoms with Gasteiger partial charge in [0.2, 0.25) is 5.91 Å². The molecule has 154 valence electrons. The number of nitrogens with two attached hydrogens (primary N) is 1. The minimum absolute atomic E-state index is 0.331. The Hall–Kier alpha value is -0.790. The summed E-state index contributed by atoms with van der Waals surface area (Å²) in [6, 6.07) is 0. The van der Waals surface area contributed by atoms with Crippen LogP contribution in [0.3, 0.4) is 0 Å². The van der Waals surface area contributed by atoms with Gasteiger partial charge in [-0.25, -0.2) is 0 Å². The van der Waals surface area contributed by atoms with Gasteiger partial charge >= 0.3 is 0 Å². The first-order valence-corrected chi connectivity index (χ1v) is 11.7. The zero-order valence-electron chi connectivity index (χ0n) is 17.8. The molecule has 2 N–H and O–H groups in total. The minimum atomic E-state index is -0.331. The Labute approximate surface area is 164 Å². The van der Waals surface area contributed by atoms with Crippen molar-refractivity contribution in [2.24, 2.45) is 5.73 Å². The van der Waals surface area contributed by atoms with Gasteiger partial charge in [-0.3, -0.25) is 4.79 Å². The quantitative estimate of drug-likeness (QED) is 0.163. The Morgan fingerprint density at radius 1 is 0.577 bits per heavy atom. The lowest BCUT2D eigenvalue weighted by atomic mass is 10.0. The molecule has 2 nitrogen and oxygen atoms in total. The van der Waals surface area contributed by atoms with Gasteiger partial charge in [0.1, 0.15) is 0 Å². The monoisotopic (exact) mass is 365 g/mol. The Balaban J connectivity index is 3.02. The molecule has 0 saturated carbocycles. The first-order chi connectivity index (χ1) is 12.8. The summed E-state index contributed by atoms with van der Waals surface area (Å²) in [5.41, 5.74) is 5.05. The van der Waals surface area contributed by atoms with Crippen LogP contribution in [-0.4, -0.2) is 5.91 Å². The van der Waals surface area contributed by atoms with E-state index in [1.165, 1.54) is 128 Å². The van der Waals surface area contributed by atoms with Crippen LogP contribution in [0.1, 0.15) is 135 Å². The van der Waals surface area contributed by atoms with E-state index in [1.807, 2.05) is 6.08 Å². The van der Waals surface area contributed by atoms with Crippen molar-refractivity contribution >= 4 is 5.91 Å². The third kappa shape index (κ3) is 23.2. The first kappa shape index (κ1) is 25.2. The standard InChI is InChI=1S/C24H47NO/c1-2-3-4-5-6-7-8-9-10-11-12-13-14-15-16-17-18-19-20-21-22-23-24(25)26/h22-23H,2-21H2,1H3,(H2,25,26)/b23-22+. The number of rotatable bonds is 21. The van der Waals surface area contributed by atoms with Crippen LogP contribution >= 0.6 is 0 Å². The molecule has 0 aliphatic heterocycles. The van der Waals surface area contributed by atoms with Crippen molar-refractivity contribution in [2.45, 2.75) is 135 Å². The summed E-state index contributed by atoms with van der Waals surface area (Å²) in [4.78, 5) is 10.5. The second kappa shape index (κ2) is 22.3. The molecule has 26 heavy (non-hydrogen) atoms. The molecule has 0 aromatic heterocycles. The Morgan fingerprint density at radius 2 is 0.885 bits per heavy atom. The van der Waals surface area contributed by atoms with Crippen molar-refractivity contribution in [3.63, 3.8) is 0 Å². The molecule has 0 heterocycles. The highest BCUT2D eigenvalue weighted by Crippen LogP contribution is 2.14. The smallest absolute Gasteiger partial charge is 0.241 e. The van der Waals surface area contributed by atoms with E-state index < -0.39 is 0 Å². The molecule has 0 bridgehead atoms. The molecule has 1 amide bonds. The molecule has 0 fully saturated rings. The Kier molecular flexibility index (Phi) is 21.6. The third-order valence-corrected chi connectivity index (χ3v) is 5.26. The van der Waals surface area contributed by atoms with E-state index in [0.29, 0.717) is 0 Å². The van der Waals surface area contributed by atoms with Crippen LogP contribution in [0.4, 0.5) is 0 Å². The van der Waals surface area contributed by atoms with Gasteiger partial charge in [-0.15, -0.1) is 0 Å². The fourth-order valence-corrected chi connectivity index (χ4v) is 3.54. The van der Waals surface area contributed by atoms with Gasteiger partial charge in [-0.2, -0.15) is 0 Å². The largest absolute Gasteiger partial charge is 0.366 e. The van der Waals surface area contributed by atoms with Crippen LogP contribution in [0.25, 0.3) is 0 Å². The van der Waals surface area contributed by atoms with Crippen LogP contribution in [0.15, 0.2) is 12.2 Å². The molecule has 0 aromatic rings. The van der Waals surface area contributed by atoms with Gasteiger partial charge in [0, 0.05) is 0 Å². The summed E-state index contributed by atoms with van der Waals surface area (Å²) in [7, 11) is 0. The van der Waals surface area contributed by atoms with Crippen molar-refractivity contribution < 1.29 is 4.79 Å². The average molecular weight is 366 g/mol. The van der Waals surface area contributed by atoms with Crippen LogP contribution in [0, 0.1) is 0 Å². The summed E-state index contributed by atoms with van der Waals surface area (Å²) < 4.78 is 0. The van der Waals surface area contributed by atoms with E-state index in [9.17, 15) is 4.79 Å². The van der Waals surface area contributed by atoms with E-state index in [1.54, 1.807) is 0 Å². The van der Waals surface area contributed by atoms with E-state index in [2.05, 4.69) is 6.92 Å². The number of carbonyl (C=O) groups excluding carboxylic acids is 1. The molecule has 0 spiro atoms. The van der Waals surface area contributed by atoms with E-state index in [0.717, 1.165) is 6.42 Å². The first-order valence-electron chi connectivity index (χ1n) is 11.7. The molecule has 0 atom stereocenters. The van der Waals surface area contributed by atoms with Crippen LogP contribution < -0.4 is 5.73 Å². The van der Waals surface area contributed by atoms with Gasteiger partial charge in [-0.1, -0.05) is 129 Å². The van der Waals surface area contributed by atoms with E-state index in [-0.39, 0.29) is 5.91 Å². The lowest BCUT2D eigenvalue weighted by Crippen LogP contribution is -2.05. The number of primary amides is 1. The number of unbranched alkanes of at least 4 members (excludes halogenated alkanes) is 19. The molecule has 0 rings (SSSR count). The maximum Gasteiger partial charge on any atom is 0.241 e. The van der Waals surface area contributed by atoms with Gasteiger partial charge in [0.05, 0.1) is 0 Å². The van der Waals surface area contributed by atoms with E-state index in [4.69, 9.17) is 5.73 Å². The highest BCUT2D eigenvalue weighted by atomic mass is 16.1. The zero-order chi connectivity index (χ0) is 19.1. The summed E-state index contributed by atoms with van der Waals surface area (Å²) in [5.74, 6) is -0.331. The predicted molar refractivity (Wildman–Crippen MR) is 116 cm³/mol. The summed E-state index contributed by atoms with van der Waals surface area (Å²) >= 11 is 0. The lowest BCUT2D eigenvalue weighted by molar-refractivity contribution is -0.113. The van der Waals surface area contributed by atoms with Crippen molar-refractivity contribution in [3.8, 4) is 0 Å². The van der Waals surface area contributed by atoms with Crippen molar-refractivity contribution in [1.82, 2.24) is 0 Å². The fraction of sp³-hybridized carbons (Fsp3) is 0.875. The maximum absolute atomic E-state index is 10.5. The molecule has 2 heteroatoms. The predicted octanol–water partition coefficient (Wildman–Crippen LogP) is 7.85. The number of carbonyl (C=O) groups is 1. The van der Waals surface area contributed by atoms with Crippen molar-refractivity contribution in [1.29, 1.82) is 0 Å². The highest BCUT2D eigenvalue weighted by Gasteiger charge is 1.95. The third-order valence-electron chi connectivity index (χ3n) is 5.26. The molecule has 0 aliphatic carbocycles. The molecule has 0 saturated heterocycles. The maximum atomic E-state index is 10.5. The van der Waals surface area contributed by atoms with Gasteiger partial charge in [0.25, 0.3) is 0 Å². The Bertz CT molecular complexity index is 311. The topological polar surface area (TPSA) is 43.1 Å². The second-order valence-corrected chi connectivity index (χ2v) is 7.96. The molecule has 0 aromatic carbocycles. The van der Waals surface area contributed by atoms with E-state index >= 15 is 0 Å². The van der Waals surface area contributed by atoms with Gasteiger partial charge in [0.15, 0.2) is 0 Å². The SMILES string of the molecule is CCCCCCCCCCCCCCCCCCCCC/C=C/C(N)=O. The van der Waals surface area contributed by atoms with Crippen molar-refractivity contribution in [3.05, 3.63) is 12.2 Å². The average Bonchev–Trinajstić information content (AvgIpc) is 2.62. The number of allylic oxidation sites excluding steroid dienone is 1. The van der Waals surface area contributed by atoms with Crippen LogP contribution in [0.2, 0.25) is 0 Å². The van der Waals surface area contributed by atoms with Crippen LogP contribution in [0.5, 0.6) is 0 Å².